The SMILES string of the molecule is N#Cc1ccc(S(=O)(=O)N2CCC(CCCCNC(=O)C3(C4CCCCCCCC4)Cc4cnccc4N3)CC2)cc1. The molecule has 8 nitrogen and oxygen atoms in total. The van der Waals surface area contributed by atoms with Gasteiger partial charge in [-0.25, -0.2) is 8.42 Å². The lowest BCUT2D eigenvalue weighted by Gasteiger charge is -2.37. The van der Waals surface area contributed by atoms with Crippen LogP contribution in [0.2, 0.25) is 0 Å². The number of hydrogen-bond donors (Lipinski definition) is 2. The fourth-order valence-corrected chi connectivity index (χ4v) is 8.65. The monoisotopic (exact) mass is 591 g/mol. The fraction of sp³-hybridized carbons (Fsp3) is 0.606. The van der Waals surface area contributed by atoms with Gasteiger partial charge in [0.15, 0.2) is 0 Å². The average Bonchev–Trinajstić information content (AvgIpc) is 3.47. The van der Waals surface area contributed by atoms with Crippen LogP contribution in [0.4, 0.5) is 5.69 Å². The number of carbonyl (C=O) groups excluding carboxylic acids is 1. The molecule has 1 unspecified atom stereocenters. The number of carbonyl (C=O) groups is 1. The highest BCUT2D eigenvalue weighted by Gasteiger charge is 2.49. The molecule has 0 radical (unpaired) electrons. The number of rotatable bonds is 9. The fourth-order valence-electron chi connectivity index (χ4n) is 7.18. The van der Waals surface area contributed by atoms with E-state index in [9.17, 15) is 13.2 Å². The maximum atomic E-state index is 13.9. The average molecular weight is 592 g/mol. The Balaban J connectivity index is 1.09. The lowest BCUT2D eigenvalue weighted by atomic mass is 9.75. The molecule has 1 aromatic heterocycles. The number of nitriles is 1. The van der Waals surface area contributed by atoms with E-state index in [2.05, 4.69) is 15.6 Å². The number of sulfonamides is 1. The normalized spacial score (nSPS) is 22.6. The standard InChI is InChI=1S/C33H45N5O3S/c34-24-27-12-14-30(15-13-27)42(40,41)38-21-17-26(18-22-38)9-7-8-19-36-32(39)33(23-28-25-35-20-16-31(28)37-33)29-10-5-3-1-2-4-6-11-29/h12-16,20,25-26,29,37H,1-11,17-19,21-23H2,(H,36,39). The molecule has 2 N–H and O–H groups in total. The molecule has 0 spiro atoms. The first kappa shape index (κ1) is 30.5. The quantitative estimate of drug-likeness (QED) is 0.356. The summed E-state index contributed by atoms with van der Waals surface area (Å²) in [5, 5.41) is 16.0. The third kappa shape index (κ3) is 6.98. The van der Waals surface area contributed by atoms with E-state index >= 15 is 0 Å². The second-order valence-electron chi connectivity index (χ2n) is 12.4. The highest BCUT2D eigenvalue weighted by atomic mass is 32.2. The van der Waals surface area contributed by atoms with Gasteiger partial charge in [0, 0.05) is 44.1 Å². The van der Waals surface area contributed by atoms with Crippen LogP contribution in [0.3, 0.4) is 0 Å². The van der Waals surface area contributed by atoms with Crippen LogP contribution >= 0.6 is 0 Å². The van der Waals surface area contributed by atoms with Gasteiger partial charge >= 0.3 is 0 Å². The molecule has 1 atom stereocenters. The van der Waals surface area contributed by atoms with Crippen molar-refractivity contribution in [1.29, 1.82) is 5.26 Å². The Kier molecular flexibility index (Phi) is 10.2. The smallest absolute Gasteiger partial charge is 0.246 e. The molecule has 9 heteroatoms. The van der Waals surface area contributed by atoms with E-state index in [4.69, 9.17) is 5.26 Å². The first-order valence-corrected chi connectivity index (χ1v) is 17.4. The van der Waals surface area contributed by atoms with Gasteiger partial charge < -0.3 is 10.6 Å². The van der Waals surface area contributed by atoms with Crippen molar-refractivity contribution < 1.29 is 13.2 Å². The molecule has 1 saturated carbocycles. The van der Waals surface area contributed by atoms with Crippen LogP contribution < -0.4 is 10.6 Å². The first-order valence-electron chi connectivity index (χ1n) is 15.9. The number of benzene rings is 1. The number of pyridine rings is 1. The largest absolute Gasteiger partial charge is 0.370 e. The summed E-state index contributed by atoms with van der Waals surface area (Å²) >= 11 is 0. The molecule has 1 aliphatic carbocycles. The molecule has 5 rings (SSSR count). The number of fused-ring (bicyclic) bond motifs is 1. The van der Waals surface area contributed by atoms with Crippen molar-refractivity contribution in [3.63, 3.8) is 0 Å². The van der Waals surface area contributed by atoms with Crippen molar-refractivity contribution in [2.24, 2.45) is 11.8 Å². The van der Waals surface area contributed by atoms with Crippen LogP contribution in [0.25, 0.3) is 0 Å². The van der Waals surface area contributed by atoms with E-state index in [0.29, 0.717) is 43.5 Å². The lowest BCUT2D eigenvalue weighted by Crippen LogP contribution is -2.57. The van der Waals surface area contributed by atoms with E-state index < -0.39 is 15.6 Å². The number of aromatic nitrogens is 1. The Bertz CT molecular complexity index is 1310. The van der Waals surface area contributed by atoms with Crippen LogP contribution in [-0.2, 0) is 21.2 Å². The van der Waals surface area contributed by atoms with E-state index in [1.807, 2.05) is 18.3 Å². The van der Waals surface area contributed by atoms with Gasteiger partial charge in [-0.05, 0) is 79.8 Å². The van der Waals surface area contributed by atoms with Gasteiger partial charge in [0.05, 0.1) is 16.5 Å². The topological polar surface area (TPSA) is 115 Å². The molecule has 42 heavy (non-hydrogen) atoms. The Morgan fingerprint density at radius 3 is 2.36 bits per heavy atom. The molecule has 1 aromatic carbocycles. The van der Waals surface area contributed by atoms with Crippen molar-refractivity contribution in [3.8, 4) is 6.07 Å². The number of nitrogens with zero attached hydrogens (tertiary/aromatic N) is 3. The minimum absolute atomic E-state index is 0.129. The number of hydrogen-bond acceptors (Lipinski definition) is 6. The van der Waals surface area contributed by atoms with Gasteiger partial charge in [-0.2, -0.15) is 9.57 Å². The minimum atomic E-state index is -3.53. The number of piperidine rings is 1. The second-order valence-corrected chi connectivity index (χ2v) is 14.4. The van der Waals surface area contributed by atoms with Gasteiger partial charge in [0.25, 0.3) is 0 Å². The van der Waals surface area contributed by atoms with Crippen LogP contribution in [0.15, 0.2) is 47.6 Å². The predicted molar refractivity (Wildman–Crippen MR) is 164 cm³/mol. The summed E-state index contributed by atoms with van der Waals surface area (Å²) in [5.74, 6) is 0.940. The summed E-state index contributed by atoms with van der Waals surface area (Å²) in [7, 11) is -3.53. The van der Waals surface area contributed by atoms with Crippen molar-refractivity contribution in [2.75, 3.05) is 25.0 Å². The van der Waals surface area contributed by atoms with Crippen LogP contribution in [-0.4, -0.2) is 48.8 Å². The van der Waals surface area contributed by atoms with Crippen molar-refractivity contribution in [2.45, 2.75) is 100 Å². The van der Waals surface area contributed by atoms with E-state index in [1.54, 1.807) is 22.6 Å². The van der Waals surface area contributed by atoms with Gasteiger partial charge in [-0.1, -0.05) is 51.4 Å². The number of anilines is 1. The maximum Gasteiger partial charge on any atom is 0.246 e. The zero-order chi connectivity index (χ0) is 29.4. The Morgan fingerprint density at radius 2 is 1.69 bits per heavy atom. The van der Waals surface area contributed by atoms with E-state index in [1.165, 1.54) is 50.7 Å². The third-order valence-electron chi connectivity index (χ3n) is 9.71. The van der Waals surface area contributed by atoms with Crippen molar-refractivity contribution in [1.82, 2.24) is 14.6 Å². The minimum Gasteiger partial charge on any atom is -0.370 e. The third-order valence-corrected chi connectivity index (χ3v) is 11.6. The van der Waals surface area contributed by atoms with Crippen molar-refractivity contribution >= 4 is 21.6 Å². The van der Waals surface area contributed by atoms with Gasteiger partial charge in [0.1, 0.15) is 5.54 Å². The second kappa shape index (κ2) is 14.0. The Morgan fingerprint density at radius 1 is 1.00 bits per heavy atom. The molecule has 226 valence electrons. The summed E-state index contributed by atoms with van der Waals surface area (Å²) < 4.78 is 27.6. The van der Waals surface area contributed by atoms with Gasteiger partial charge in [-0.15, -0.1) is 0 Å². The number of nitrogens with one attached hydrogen (secondary N) is 2. The van der Waals surface area contributed by atoms with Crippen molar-refractivity contribution in [3.05, 3.63) is 53.9 Å². The van der Waals surface area contributed by atoms with E-state index in [0.717, 1.165) is 56.2 Å². The molecular formula is C33H45N5O3S. The molecule has 2 aliphatic heterocycles. The summed E-state index contributed by atoms with van der Waals surface area (Å²) in [6.45, 7) is 1.71. The molecule has 2 fully saturated rings. The van der Waals surface area contributed by atoms with Crippen LogP contribution in [0, 0.1) is 23.2 Å². The first-order chi connectivity index (χ1) is 20.4. The lowest BCUT2D eigenvalue weighted by molar-refractivity contribution is -0.127. The zero-order valence-corrected chi connectivity index (χ0v) is 25.5. The van der Waals surface area contributed by atoms with E-state index in [-0.39, 0.29) is 10.8 Å². The Hall–Kier alpha value is -2.96. The molecule has 3 aliphatic rings. The summed E-state index contributed by atoms with van der Waals surface area (Å²) in [6, 6.07) is 10.2. The zero-order valence-electron chi connectivity index (χ0n) is 24.7. The molecule has 0 bridgehead atoms. The molecule has 1 saturated heterocycles. The van der Waals surface area contributed by atoms with Gasteiger partial charge in [0.2, 0.25) is 15.9 Å². The highest BCUT2D eigenvalue weighted by Crippen LogP contribution is 2.41. The molecule has 1 amide bonds. The molecule has 2 aromatic rings. The number of amides is 1. The van der Waals surface area contributed by atoms with Crippen LogP contribution in [0.5, 0.6) is 0 Å². The molecule has 3 heterocycles. The summed E-state index contributed by atoms with van der Waals surface area (Å²) in [5.41, 5.74) is 2.05. The molecular weight excluding hydrogens is 546 g/mol. The van der Waals surface area contributed by atoms with Crippen LogP contribution in [0.1, 0.15) is 94.6 Å². The predicted octanol–water partition coefficient (Wildman–Crippen LogP) is 5.80. The highest BCUT2D eigenvalue weighted by molar-refractivity contribution is 7.89. The summed E-state index contributed by atoms with van der Waals surface area (Å²) in [4.78, 5) is 18.5. The van der Waals surface area contributed by atoms with Gasteiger partial charge in [-0.3, -0.25) is 9.78 Å². The number of unbranched alkanes of at least 4 members (excludes halogenated alkanes) is 1. The summed E-state index contributed by atoms with van der Waals surface area (Å²) in [6.07, 6.45) is 18.7. The Labute approximate surface area is 251 Å². The maximum absolute atomic E-state index is 13.9.